The fraction of sp³-hybridized carbons (Fsp3) is 1.00. The zero-order chi connectivity index (χ0) is 11.8. The number of alkyl halides is 3. The van der Waals surface area contributed by atoms with E-state index in [1.54, 1.807) is 0 Å². The van der Waals surface area contributed by atoms with E-state index in [4.69, 9.17) is 4.74 Å². The van der Waals surface area contributed by atoms with Crippen LogP contribution in [0, 0.1) is 5.92 Å². The molecule has 0 aliphatic carbocycles. The lowest BCUT2D eigenvalue weighted by molar-refractivity contribution is -0.202. The molecular formula is C10H17F3N2O. The SMILES string of the molecule is CN1CCNC2CCOC[C@H]2[C@@H]1C(F)(F)F. The topological polar surface area (TPSA) is 24.5 Å². The Balaban J connectivity index is 2.21. The summed E-state index contributed by atoms with van der Waals surface area (Å²) in [5, 5.41) is 3.19. The number of rotatable bonds is 0. The fourth-order valence-electron chi connectivity index (χ4n) is 2.71. The van der Waals surface area contributed by atoms with Crippen molar-refractivity contribution in [1.29, 1.82) is 0 Å². The van der Waals surface area contributed by atoms with Crippen molar-refractivity contribution < 1.29 is 17.9 Å². The Kier molecular flexibility index (Phi) is 3.42. The molecule has 0 aromatic heterocycles. The first kappa shape index (κ1) is 12.1. The normalized spacial score (nSPS) is 37.9. The lowest BCUT2D eigenvalue weighted by Gasteiger charge is -2.38. The molecule has 3 nitrogen and oxygen atoms in total. The molecule has 0 amide bonds. The maximum atomic E-state index is 13.0. The van der Waals surface area contributed by atoms with Gasteiger partial charge in [0, 0.05) is 31.7 Å². The largest absolute Gasteiger partial charge is 0.404 e. The van der Waals surface area contributed by atoms with Crippen molar-refractivity contribution in [2.24, 2.45) is 5.92 Å². The van der Waals surface area contributed by atoms with Gasteiger partial charge in [0.25, 0.3) is 0 Å². The van der Waals surface area contributed by atoms with Crippen molar-refractivity contribution in [3.8, 4) is 0 Å². The number of halogens is 3. The van der Waals surface area contributed by atoms with Gasteiger partial charge < -0.3 is 10.1 Å². The summed E-state index contributed by atoms with van der Waals surface area (Å²) in [5.74, 6) is -0.485. The molecule has 2 aliphatic rings. The molecule has 1 unspecified atom stereocenters. The number of hydrogen-bond donors (Lipinski definition) is 1. The lowest BCUT2D eigenvalue weighted by Crippen LogP contribution is -2.54. The summed E-state index contributed by atoms with van der Waals surface area (Å²) in [5.41, 5.74) is 0. The van der Waals surface area contributed by atoms with Gasteiger partial charge in [0.05, 0.1) is 6.61 Å². The van der Waals surface area contributed by atoms with Crippen LogP contribution in [0.15, 0.2) is 0 Å². The van der Waals surface area contributed by atoms with Gasteiger partial charge in [-0.3, -0.25) is 4.90 Å². The third-order valence-corrected chi connectivity index (χ3v) is 3.49. The molecule has 0 radical (unpaired) electrons. The summed E-state index contributed by atoms with van der Waals surface area (Å²) in [6.45, 7) is 1.80. The number of nitrogens with zero attached hydrogens (tertiary/aromatic N) is 1. The standard InChI is InChI=1S/C10H17F3N2O/c1-15-4-3-14-8-2-5-16-6-7(8)9(15)10(11,12)13/h7-9,14H,2-6H2,1H3/t7-,8?,9-/m1/s1. The second-order valence-electron chi connectivity index (χ2n) is 4.56. The number of fused-ring (bicyclic) bond motifs is 1. The molecule has 2 heterocycles. The first-order chi connectivity index (χ1) is 7.50. The van der Waals surface area contributed by atoms with Crippen molar-refractivity contribution in [2.45, 2.75) is 24.7 Å². The molecule has 2 aliphatic heterocycles. The van der Waals surface area contributed by atoms with E-state index in [1.807, 2.05) is 0 Å². The molecule has 2 rings (SSSR count). The zero-order valence-corrected chi connectivity index (χ0v) is 9.26. The minimum absolute atomic E-state index is 0.0645. The van der Waals surface area contributed by atoms with Crippen molar-refractivity contribution in [3.63, 3.8) is 0 Å². The van der Waals surface area contributed by atoms with Gasteiger partial charge in [-0.1, -0.05) is 0 Å². The average molecular weight is 238 g/mol. The van der Waals surface area contributed by atoms with E-state index >= 15 is 0 Å². The van der Waals surface area contributed by atoms with Crippen LogP contribution < -0.4 is 5.32 Å². The molecule has 2 saturated heterocycles. The predicted molar refractivity (Wildman–Crippen MR) is 53.2 cm³/mol. The van der Waals surface area contributed by atoms with Gasteiger partial charge in [0.1, 0.15) is 6.04 Å². The van der Waals surface area contributed by atoms with Crippen LogP contribution in [-0.4, -0.2) is 56.5 Å². The highest BCUT2D eigenvalue weighted by Gasteiger charge is 2.51. The average Bonchev–Trinajstić information content (AvgIpc) is 2.34. The number of likely N-dealkylation sites (N-methyl/N-ethyl adjacent to an activating group) is 1. The molecule has 6 heteroatoms. The van der Waals surface area contributed by atoms with Gasteiger partial charge in [0.2, 0.25) is 0 Å². The van der Waals surface area contributed by atoms with Gasteiger partial charge >= 0.3 is 6.18 Å². The molecule has 2 fully saturated rings. The Morgan fingerprint density at radius 3 is 2.81 bits per heavy atom. The summed E-state index contributed by atoms with van der Waals surface area (Å²) >= 11 is 0. The summed E-state index contributed by atoms with van der Waals surface area (Å²) in [4.78, 5) is 1.40. The van der Waals surface area contributed by atoms with E-state index in [9.17, 15) is 13.2 Å². The first-order valence-corrected chi connectivity index (χ1v) is 5.58. The molecule has 94 valence electrons. The van der Waals surface area contributed by atoms with Crippen LogP contribution in [0.4, 0.5) is 13.2 Å². The highest BCUT2D eigenvalue weighted by atomic mass is 19.4. The van der Waals surface area contributed by atoms with E-state index in [0.29, 0.717) is 26.1 Å². The summed E-state index contributed by atoms with van der Waals surface area (Å²) in [7, 11) is 1.54. The van der Waals surface area contributed by atoms with Gasteiger partial charge in [0.15, 0.2) is 0 Å². The molecule has 1 N–H and O–H groups in total. The number of ether oxygens (including phenoxy) is 1. The minimum Gasteiger partial charge on any atom is -0.381 e. The Morgan fingerprint density at radius 1 is 1.38 bits per heavy atom. The fourth-order valence-corrected chi connectivity index (χ4v) is 2.71. The lowest BCUT2D eigenvalue weighted by atomic mass is 9.88. The van der Waals surface area contributed by atoms with Crippen molar-refractivity contribution in [2.75, 3.05) is 33.4 Å². The quantitative estimate of drug-likeness (QED) is 0.677. The molecule has 0 saturated carbocycles. The molecule has 3 atom stereocenters. The maximum Gasteiger partial charge on any atom is 0.404 e. The minimum atomic E-state index is -4.18. The van der Waals surface area contributed by atoms with Crippen LogP contribution in [0.3, 0.4) is 0 Å². The van der Waals surface area contributed by atoms with Crippen LogP contribution in [-0.2, 0) is 4.74 Å². The van der Waals surface area contributed by atoms with Crippen LogP contribution in [0.5, 0.6) is 0 Å². The summed E-state index contributed by atoms with van der Waals surface area (Å²) in [6, 6.07) is -1.45. The van der Waals surface area contributed by atoms with Crippen LogP contribution in [0.25, 0.3) is 0 Å². The smallest absolute Gasteiger partial charge is 0.381 e. The molecular weight excluding hydrogens is 221 g/mol. The Morgan fingerprint density at radius 2 is 2.12 bits per heavy atom. The second-order valence-corrected chi connectivity index (χ2v) is 4.56. The molecule has 0 aromatic carbocycles. The van der Waals surface area contributed by atoms with Crippen molar-refractivity contribution in [1.82, 2.24) is 10.2 Å². The molecule has 16 heavy (non-hydrogen) atoms. The van der Waals surface area contributed by atoms with E-state index in [-0.39, 0.29) is 12.6 Å². The second kappa shape index (κ2) is 4.50. The first-order valence-electron chi connectivity index (χ1n) is 5.58. The van der Waals surface area contributed by atoms with Gasteiger partial charge in [-0.25, -0.2) is 0 Å². The Hall–Kier alpha value is -0.330. The number of hydrogen-bond acceptors (Lipinski definition) is 3. The van der Waals surface area contributed by atoms with Gasteiger partial charge in [-0.15, -0.1) is 0 Å². The summed E-state index contributed by atoms with van der Waals surface area (Å²) in [6.07, 6.45) is -3.50. The van der Waals surface area contributed by atoms with Gasteiger partial charge in [-0.05, 0) is 13.5 Å². The third kappa shape index (κ3) is 2.33. The maximum absolute atomic E-state index is 13.0. The summed E-state index contributed by atoms with van der Waals surface area (Å²) < 4.78 is 44.3. The third-order valence-electron chi connectivity index (χ3n) is 3.49. The van der Waals surface area contributed by atoms with E-state index in [1.165, 1.54) is 11.9 Å². The Bertz CT molecular complexity index is 247. The molecule has 0 bridgehead atoms. The highest BCUT2D eigenvalue weighted by molar-refractivity contribution is 4.95. The monoisotopic (exact) mass is 238 g/mol. The van der Waals surface area contributed by atoms with Gasteiger partial charge in [-0.2, -0.15) is 13.2 Å². The molecule has 0 aromatic rings. The van der Waals surface area contributed by atoms with E-state index < -0.39 is 18.1 Å². The van der Waals surface area contributed by atoms with E-state index in [2.05, 4.69) is 5.32 Å². The zero-order valence-electron chi connectivity index (χ0n) is 9.26. The van der Waals surface area contributed by atoms with Crippen LogP contribution in [0.1, 0.15) is 6.42 Å². The predicted octanol–water partition coefficient (Wildman–Crippen LogP) is 0.857. The Labute approximate surface area is 92.9 Å². The van der Waals surface area contributed by atoms with Crippen molar-refractivity contribution >= 4 is 0 Å². The highest BCUT2D eigenvalue weighted by Crippen LogP contribution is 2.34. The molecule has 0 spiro atoms. The van der Waals surface area contributed by atoms with Crippen LogP contribution >= 0.6 is 0 Å². The van der Waals surface area contributed by atoms with E-state index in [0.717, 1.165) is 0 Å². The van der Waals surface area contributed by atoms with Crippen LogP contribution in [0.2, 0.25) is 0 Å². The van der Waals surface area contributed by atoms with Crippen molar-refractivity contribution in [3.05, 3.63) is 0 Å². The number of nitrogens with one attached hydrogen (secondary N) is 1.